The van der Waals surface area contributed by atoms with Gasteiger partial charge in [-0.1, -0.05) is 66.2 Å². The second-order valence-electron chi connectivity index (χ2n) is 15.8. The summed E-state index contributed by atoms with van der Waals surface area (Å²) in [6.45, 7) is 9.29. The van der Waals surface area contributed by atoms with E-state index in [-0.39, 0.29) is 58.5 Å². The molecule has 4 saturated carbocycles. The van der Waals surface area contributed by atoms with Crippen molar-refractivity contribution in [1.29, 1.82) is 0 Å². The van der Waals surface area contributed by atoms with Crippen LogP contribution < -0.4 is 11.1 Å². The summed E-state index contributed by atoms with van der Waals surface area (Å²) in [5, 5.41) is 15.4. The molecule has 4 aliphatic rings. The number of rotatable bonds is 15. The summed E-state index contributed by atoms with van der Waals surface area (Å²) in [5.74, 6) is 0.251. The Morgan fingerprint density at radius 2 is 1.80 bits per heavy atom. The fraction of sp³-hybridized carbons (Fsp3) is 0.944. The van der Waals surface area contributed by atoms with Crippen molar-refractivity contribution in [2.75, 3.05) is 18.8 Å². The number of nitrogens with two attached hydrogens (primary N) is 1. The average Bonchev–Trinajstić information content (AvgIpc) is 3.37. The van der Waals surface area contributed by atoms with Crippen LogP contribution in [0.4, 0.5) is 8.78 Å². The Morgan fingerprint density at radius 1 is 1.09 bits per heavy atom. The molecule has 4 aliphatic carbocycles. The van der Waals surface area contributed by atoms with Gasteiger partial charge in [0.1, 0.15) is 11.9 Å². The summed E-state index contributed by atoms with van der Waals surface area (Å²) >= 11 is 1.58. The van der Waals surface area contributed by atoms with E-state index < -0.39 is 29.5 Å². The van der Waals surface area contributed by atoms with Gasteiger partial charge in [0.05, 0.1) is 18.4 Å². The van der Waals surface area contributed by atoms with Gasteiger partial charge in [-0.3, -0.25) is 9.59 Å². The lowest BCUT2D eigenvalue weighted by Crippen LogP contribution is -2.63. The number of ether oxygens (including phenoxy) is 1. The molecule has 0 heterocycles. The molecule has 4 fully saturated rings. The third kappa shape index (κ3) is 8.28. The minimum absolute atomic E-state index is 0.000429. The number of unbranched alkanes of at least 4 members (excludes halogenated alkanes) is 5. The van der Waals surface area contributed by atoms with Crippen molar-refractivity contribution in [3.05, 3.63) is 0 Å². The maximum atomic E-state index is 13.8. The number of aliphatic hydroxyl groups excluding tert-OH is 1. The summed E-state index contributed by atoms with van der Waals surface area (Å²) < 4.78 is 32.0. The first kappa shape index (κ1) is 37.1. The highest BCUT2D eigenvalue weighted by molar-refractivity contribution is 8.00. The average molecular weight is 657 g/mol. The maximum absolute atomic E-state index is 13.8. The number of esters is 1. The normalized spacial score (nSPS) is 40.2. The Hall–Kier alpha value is -0.770. The Balaban J connectivity index is 1.51. The molecule has 0 radical (unpaired) electrons. The van der Waals surface area contributed by atoms with Crippen LogP contribution in [0.5, 0.6) is 0 Å². The largest absolute Gasteiger partial charge is 0.461 e. The first-order valence-corrected chi connectivity index (χ1v) is 19.2. The van der Waals surface area contributed by atoms with E-state index in [1.807, 2.05) is 0 Å². The minimum Gasteiger partial charge on any atom is -0.461 e. The van der Waals surface area contributed by atoms with Crippen molar-refractivity contribution in [2.45, 2.75) is 160 Å². The molecule has 0 aromatic rings. The van der Waals surface area contributed by atoms with Gasteiger partial charge in [0.2, 0.25) is 0 Å². The zero-order valence-electron chi connectivity index (χ0n) is 28.5. The van der Waals surface area contributed by atoms with E-state index in [4.69, 9.17) is 10.5 Å². The van der Waals surface area contributed by atoms with Crippen molar-refractivity contribution in [2.24, 2.45) is 39.7 Å². The van der Waals surface area contributed by atoms with Crippen molar-refractivity contribution in [3.63, 3.8) is 0 Å². The smallest absolute Gasteiger partial charge is 0.316 e. The SMILES string of the molecule is C[C@@H]1CC[C@@]23CCC(=O)[C@H]2[C@]1(C)[C@H](OC(=O)CSC1CCCC(NCC(F)F)C1)C[C@](C)(CCCCCCCCN)[C@@H](O)[C@@H]3C. The highest BCUT2D eigenvalue weighted by Gasteiger charge is 2.68. The molecule has 0 amide bonds. The van der Waals surface area contributed by atoms with Gasteiger partial charge in [-0.2, -0.15) is 0 Å². The number of carbonyl (C=O) groups excluding carboxylic acids is 2. The number of ketones is 1. The highest BCUT2D eigenvalue weighted by atomic mass is 32.2. The van der Waals surface area contributed by atoms with Crippen LogP contribution in [0.15, 0.2) is 0 Å². The standard InChI is InChI=1S/C36H62F2N2O4S/c1-24-14-17-36-18-15-28(41)32(36)35(24,4)29(21-34(3,33(43)25(36)2)16-9-7-5-6-8-10-19-39)44-31(42)23-45-27-13-11-12-26(20-27)40-22-30(37)38/h24-27,29-30,32-33,40,43H,5-23,39H2,1-4H3/t24-,25+,26?,27?,29-,32+,33+,34+,35+,36+/m1/s1. The molecule has 260 valence electrons. The van der Waals surface area contributed by atoms with Crippen molar-refractivity contribution < 1.29 is 28.2 Å². The topological polar surface area (TPSA) is 102 Å². The lowest BCUT2D eigenvalue weighted by Gasteiger charge is -2.62. The summed E-state index contributed by atoms with van der Waals surface area (Å²) in [6.07, 6.45) is 11.6. The number of carbonyl (C=O) groups is 2. The van der Waals surface area contributed by atoms with Crippen LogP contribution in [-0.4, -0.2) is 65.6 Å². The van der Waals surface area contributed by atoms with Crippen molar-refractivity contribution in [3.8, 4) is 0 Å². The number of hydrogen-bond donors (Lipinski definition) is 3. The van der Waals surface area contributed by atoms with Crippen LogP contribution in [0.3, 0.4) is 0 Å². The highest BCUT2D eigenvalue weighted by Crippen LogP contribution is 2.68. The van der Waals surface area contributed by atoms with Crippen molar-refractivity contribution in [1.82, 2.24) is 5.32 Å². The molecule has 4 N–H and O–H groups in total. The van der Waals surface area contributed by atoms with Gasteiger partial charge in [0, 0.05) is 29.0 Å². The number of nitrogens with one attached hydrogen (secondary N) is 1. The molecule has 6 nitrogen and oxygen atoms in total. The van der Waals surface area contributed by atoms with Crippen LogP contribution in [-0.2, 0) is 14.3 Å². The van der Waals surface area contributed by atoms with Gasteiger partial charge in [0.15, 0.2) is 0 Å². The van der Waals surface area contributed by atoms with Gasteiger partial charge in [-0.15, -0.1) is 11.8 Å². The number of thioether (sulfide) groups is 1. The fourth-order valence-corrected chi connectivity index (χ4v) is 11.2. The maximum Gasteiger partial charge on any atom is 0.316 e. The molecule has 2 bridgehead atoms. The van der Waals surface area contributed by atoms with Gasteiger partial charge in [-0.25, -0.2) is 8.78 Å². The Bertz CT molecular complexity index is 989. The van der Waals surface area contributed by atoms with E-state index in [0.717, 1.165) is 90.0 Å². The molecule has 45 heavy (non-hydrogen) atoms. The lowest BCUT2D eigenvalue weighted by atomic mass is 9.43. The molecule has 4 rings (SSSR count). The number of Topliss-reactive ketones (excluding diaryl/α,β-unsaturated/α-hetero) is 1. The summed E-state index contributed by atoms with van der Waals surface area (Å²) in [4.78, 5) is 27.4. The first-order chi connectivity index (χ1) is 21.4. The predicted molar refractivity (Wildman–Crippen MR) is 178 cm³/mol. The molecule has 0 aromatic carbocycles. The Kier molecular flexibility index (Phi) is 13.2. The number of halogens is 2. The molecule has 9 heteroatoms. The van der Waals surface area contributed by atoms with Gasteiger partial charge >= 0.3 is 5.97 Å². The fourth-order valence-electron chi connectivity index (χ4n) is 10.1. The molecule has 0 aromatic heterocycles. The zero-order valence-corrected chi connectivity index (χ0v) is 29.3. The number of alkyl halides is 2. The summed E-state index contributed by atoms with van der Waals surface area (Å²) in [7, 11) is 0. The van der Waals surface area contributed by atoms with Crippen molar-refractivity contribution >= 4 is 23.5 Å². The van der Waals surface area contributed by atoms with E-state index >= 15 is 0 Å². The van der Waals surface area contributed by atoms with Gasteiger partial charge in [-0.05, 0) is 87.0 Å². The van der Waals surface area contributed by atoms with E-state index in [2.05, 4.69) is 33.0 Å². The minimum atomic E-state index is -2.36. The van der Waals surface area contributed by atoms with Gasteiger partial charge < -0.3 is 20.9 Å². The molecule has 2 unspecified atom stereocenters. The molecule has 0 aliphatic heterocycles. The second kappa shape index (κ2) is 16.1. The molecule has 0 spiro atoms. The van der Waals surface area contributed by atoms with E-state index in [9.17, 15) is 23.5 Å². The predicted octanol–water partition coefficient (Wildman–Crippen LogP) is 7.30. The number of hydrogen-bond acceptors (Lipinski definition) is 7. The second-order valence-corrected chi connectivity index (χ2v) is 17.1. The van der Waals surface area contributed by atoms with Crippen LogP contribution in [0.1, 0.15) is 130 Å². The summed E-state index contributed by atoms with van der Waals surface area (Å²) in [6, 6.07) is 0.0558. The third-order valence-corrected chi connectivity index (χ3v) is 14.3. The van der Waals surface area contributed by atoms with E-state index in [1.165, 1.54) is 6.42 Å². The Morgan fingerprint density at radius 3 is 2.51 bits per heavy atom. The molecule has 10 atom stereocenters. The van der Waals surface area contributed by atoms with Crippen LogP contribution in [0.25, 0.3) is 0 Å². The lowest BCUT2D eigenvalue weighted by molar-refractivity contribution is -0.211. The monoisotopic (exact) mass is 656 g/mol. The zero-order chi connectivity index (χ0) is 32.8. The van der Waals surface area contributed by atoms with Crippen LogP contribution in [0.2, 0.25) is 0 Å². The molecule has 0 saturated heterocycles. The first-order valence-electron chi connectivity index (χ1n) is 18.1. The third-order valence-electron chi connectivity index (χ3n) is 13.0. The Labute approximate surface area is 275 Å². The van der Waals surface area contributed by atoms with Crippen LogP contribution in [0, 0.1) is 34.0 Å². The van der Waals surface area contributed by atoms with E-state index in [1.54, 1.807) is 11.8 Å². The quantitative estimate of drug-likeness (QED) is 0.126. The van der Waals surface area contributed by atoms with Gasteiger partial charge in [0.25, 0.3) is 6.43 Å². The summed E-state index contributed by atoms with van der Waals surface area (Å²) in [5.41, 5.74) is 4.49. The van der Waals surface area contributed by atoms with E-state index in [0.29, 0.717) is 12.8 Å². The van der Waals surface area contributed by atoms with Crippen LogP contribution >= 0.6 is 11.8 Å². The molecular weight excluding hydrogens is 594 g/mol. The molecular formula is C36H62F2N2O4S. The number of aliphatic hydroxyl groups is 1.